The Hall–Kier alpha value is -0.200. The minimum atomic E-state index is -0.551. The van der Waals surface area contributed by atoms with E-state index >= 15 is 0 Å². The zero-order chi connectivity index (χ0) is 11.4. The van der Waals surface area contributed by atoms with Crippen molar-refractivity contribution in [2.45, 2.75) is 53.1 Å². The van der Waals surface area contributed by atoms with Gasteiger partial charge in [-0.15, -0.1) is 0 Å². The summed E-state index contributed by atoms with van der Waals surface area (Å²) >= 11 is 0. The molecular formula is C10H26O5. The Balaban J connectivity index is -0.000000180. The van der Waals surface area contributed by atoms with Crippen molar-refractivity contribution in [3.63, 3.8) is 0 Å². The Morgan fingerprint density at radius 3 is 1.13 bits per heavy atom. The van der Waals surface area contributed by atoms with Crippen molar-refractivity contribution in [2.75, 3.05) is 13.2 Å². The summed E-state index contributed by atoms with van der Waals surface area (Å²) in [7, 11) is 0. The Morgan fingerprint density at radius 1 is 0.800 bits per heavy atom. The second kappa shape index (κ2) is 16.2. The van der Waals surface area contributed by atoms with E-state index in [1.807, 2.05) is 27.7 Å². The Kier molecular flexibility index (Phi) is 21.9. The van der Waals surface area contributed by atoms with Crippen LogP contribution in [0.1, 0.15) is 40.5 Å². The third kappa shape index (κ3) is 20.0. The Bertz CT molecular complexity index is 87.8. The van der Waals surface area contributed by atoms with Crippen molar-refractivity contribution in [3.05, 3.63) is 0 Å². The molecule has 0 amide bonds. The Labute approximate surface area is 92.3 Å². The molecule has 96 valence electrons. The van der Waals surface area contributed by atoms with Crippen LogP contribution in [0, 0.1) is 0 Å². The highest BCUT2D eigenvalue weighted by molar-refractivity contribution is 4.30. The van der Waals surface area contributed by atoms with E-state index < -0.39 is 12.6 Å². The topological polar surface area (TPSA) is 90.4 Å². The highest BCUT2D eigenvalue weighted by Gasteiger charge is 1.94. The molecule has 2 atom stereocenters. The number of rotatable bonds is 6. The predicted octanol–water partition coefficient (Wildman–Crippen LogP) is 0.678. The predicted molar refractivity (Wildman–Crippen MR) is 59.5 cm³/mol. The van der Waals surface area contributed by atoms with E-state index in [9.17, 15) is 0 Å². The van der Waals surface area contributed by atoms with E-state index in [2.05, 4.69) is 0 Å². The zero-order valence-electron chi connectivity index (χ0n) is 10.2. The van der Waals surface area contributed by atoms with Crippen LogP contribution < -0.4 is 0 Å². The van der Waals surface area contributed by atoms with Gasteiger partial charge in [-0.1, -0.05) is 13.8 Å². The fourth-order valence-electron chi connectivity index (χ4n) is 0.620. The summed E-state index contributed by atoms with van der Waals surface area (Å²) in [6.07, 6.45) is 0.247. The molecule has 5 nitrogen and oxygen atoms in total. The molecule has 0 rings (SSSR count). The van der Waals surface area contributed by atoms with Crippen LogP contribution in [0.25, 0.3) is 0 Å². The van der Waals surface area contributed by atoms with Gasteiger partial charge in [0.15, 0.2) is 12.6 Å². The van der Waals surface area contributed by atoms with Crippen LogP contribution in [-0.2, 0) is 9.47 Å². The minimum absolute atomic E-state index is 0. The summed E-state index contributed by atoms with van der Waals surface area (Å²) in [4.78, 5) is 0. The maximum atomic E-state index is 8.64. The van der Waals surface area contributed by atoms with Crippen molar-refractivity contribution in [2.24, 2.45) is 0 Å². The van der Waals surface area contributed by atoms with Crippen molar-refractivity contribution in [1.82, 2.24) is 0 Å². The average Bonchev–Trinajstić information content (AvgIpc) is 2.19. The molecule has 0 aromatic carbocycles. The molecular weight excluding hydrogens is 200 g/mol. The van der Waals surface area contributed by atoms with Crippen molar-refractivity contribution in [1.29, 1.82) is 0 Å². The highest BCUT2D eigenvalue weighted by Crippen LogP contribution is 1.89. The molecule has 0 fully saturated rings. The van der Waals surface area contributed by atoms with Crippen LogP contribution in [-0.4, -0.2) is 41.5 Å². The molecule has 4 N–H and O–H groups in total. The van der Waals surface area contributed by atoms with Gasteiger partial charge in [0.1, 0.15) is 0 Å². The quantitative estimate of drug-likeness (QED) is 0.651. The second-order valence-corrected chi connectivity index (χ2v) is 2.64. The van der Waals surface area contributed by atoms with Gasteiger partial charge in [0.05, 0.1) is 0 Å². The third-order valence-electron chi connectivity index (χ3n) is 1.42. The fraction of sp³-hybridized carbons (Fsp3) is 1.00. The van der Waals surface area contributed by atoms with Crippen molar-refractivity contribution >= 4 is 0 Å². The first-order valence-corrected chi connectivity index (χ1v) is 5.21. The first-order chi connectivity index (χ1) is 6.62. The largest absolute Gasteiger partial charge is 0.412 e. The first kappa shape index (κ1) is 20.2. The smallest absolute Gasteiger partial charge is 0.154 e. The highest BCUT2D eigenvalue weighted by atomic mass is 16.6. The van der Waals surface area contributed by atoms with Crippen LogP contribution >= 0.6 is 0 Å². The van der Waals surface area contributed by atoms with Gasteiger partial charge < -0.3 is 25.2 Å². The molecule has 0 radical (unpaired) electrons. The van der Waals surface area contributed by atoms with Gasteiger partial charge in [0.25, 0.3) is 0 Å². The van der Waals surface area contributed by atoms with Gasteiger partial charge in [0.2, 0.25) is 0 Å². The van der Waals surface area contributed by atoms with Crippen LogP contribution in [0.3, 0.4) is 0 Å². The lowest BCUT2D eigenvalue weighted by molar-refractivity contribution is -0.0957. The van der Waals surface area contributed by atoms with Crippen LogP contribution in [0.15, 0.2) is 0 Å². The summed E-state index contributed by atoms with van der Waals surface area (Å²) in [6.45, 7) is 8.66. The summed E-state index contributed by atoms with van der Waals surface area (Å²) in [5, 5.41) is 17.3. The molecule has 0 aromatic heterocycles. The molecule has 2 unspecified atom stereocenters. The standard InChI is InChI=1S/2C5H12O2.H2O/c2*1-3-5(6)7-4-2;/h2*5-6H,3-4H2,1-2H3;1H2. The minimum Gasteiger partial charge on any atom is -0.412 e. The van der Waals surface area contributed by atoms with E-state index in [0.29, 0.717) is 26.1 Å². The maximum absolute atomic E-state index is 8.64. The van der Waals surface area contributed by atoms with Gasteiger partial charge in [-0.25, -0.2) is 0 Å². The van der Waals surface area contributed by atoms with E-state index in [-0.39, 0.29) is 5.48 Å². The number of hydrogen-bond acceptors (Lipinski definition) is 4. The lowest BCUT2D eigenvalue weighted by Crippen LogP contribution is -2.08. The number of aliphatic hydroxyl groups is 2. The van der Waals surface area contributed by atoms with E-state index in [1.165, 1.54) is 0 Å². The van der Waals surface area contributed by atoms with Gasteiger partial charge in [-0.2, -0.15) is 0 Å². The maximum Gasteiger partial charge on any atom is 0.154 e. The average molecular weight is 226 g/mol. The van der Waals surface area contributed by atoms with Gasteiger partial charge in [-0.05, 0) is 26.7 Å². The zero-order valence-corrected chi connectivity index (χ0v) is 10.2. The third-order valence-corrected chi connectivity index (χ3v) is 1.42. The van der Waals surface area contributed by atoms with Crippen molar-refractivity contribution < 1.29 is 25.2 Å². The van der Waals surface area contributed by atoms with Crippen LogP contribution in [0.2, 0.25) is 0 Å². The molecule has 0 heterocycles. The molecule has 0 bridgehead atoms. The first-order valence-electron chi connectivity index (χ1n) is 5.21. The van der Waals surface area contributed by atoms with Crippen LogP contribution in [0.4, 0.5) is 0 Å². The number of hydrogen-bond donors (Lipinski definition) is 2. The van der Waals surface area contributed by atoms with E-state index in [1.54, 1.807) is 0 Å². The SMILES string of the molecule is CCOC(O)CC.CCOC(O)CC.O. The summed E-state index contributed by atoms with van der Waals surface area (Å²) < 4.78 is 9.49. The lowest BCUT2D eigenvalue weighted by atomic mass is 10.5. The Morgan fingerprint density at radius 2 is 1.07 bits per heavy atom. The van der Waals surface area contributed by atoms with Gasteiger partial charge in [-0.3, -0.25) is 0 Å². The molecule has 0 saturated heterocycles. The fourth-order valence-corrected chi connectivity index (χ4v) is 0.620. The number of aliphatic hydroxyl groups excluding tert-OH is 2. The summed E-state index contributed by atoms with van der Waals surface area (Å²) in [5.41, 5.74) is 0. The summed E-state index contributed by atoms with van der Waals surface area (Å²) in [6, 6.07) is 0. The molecule has 0 aliphatic carbocycles. The molecule has 15 heavy (non-hydrogen) atoms. The van der Waals surface area contributed by atoms with Crippen LogP contribution in [0.5, 0.6) is 0 Å². The normalized spacial score (nSPS) is 13.2. The second-order valence-electron chi connectivity index (χ2n) is 2.64. The van der Waals surface area contributed by atoms with E-state index in [0.717, 1.165) is 0 Å². The molecule has 0 spiro atoms. The molecule has 0 aromatic rings. The van der Waals surface area contributed by atoms with Gasteiger partial charge >= 0.3 is 0 Å². The lowest BCUT2D eigenvalue weighted by Gasteiger charge is -2.04. The van der Waals surface area contributed by atoms with Crippen molar-refractivity contribution in [3.8, 4) is 0 Å². The monoisotopic (exact) mass is 226 g/mol. The molecule has 5 heteroatoms. The number of ether oxygens (including phenoxy) is 2. The molecule has 0 aliphatic heterocycles. The summed E-state index contributed by atoms with van der Waals surface area (Å²) in [5.74, 6) is 0. The van der Waals surface area contributed by atoms with E-state index in [4.69, 9.17) is 19.7 Å². The van der Waals surface area contributed by atoms with Gasteiger partial charge in [0, 0.05) is 13.2 Å². The molecule has 0 aliphatic rings. The molecule has 0 saturated carbocycles.